The van der Waals surface area contributed by atoms with Crippen LogP contribution in [0, 0.1) is 6.92 Å². The summed E-state index contributed by atoms with van der Waals surface area (Å²) in [5.74, 6) is 1.63. The van der Waals surface area contributed by atoms with Gasteiger partial charge in [0.15, 0.2) is 0 Å². The van der Waals surface area contributed by atoms with E-state index in [9.17, 15) is 4.79 Å². The van der Waals surface area contributed by atoms with Crippen LogP contribution >= 0.6 is 0 Å². The Balaban J connectivity index is 1.27. The number of nitrogens with zero attached hydrogens (tertiary/aromatic N) is 2. The number of para-hydroxylation sites is 1. The van der Waals surface area contributed by atoms with E-state index in [-0.39, 0.29) is 11.6 Å². The SMILES string of the molecule is Cc1cc(C(C)Nc2ccc3c(c2)Cc2cccc(-c4cc(N5CCOCC5)cc(=O)[nH]4)c2O3)ccn1. The number of ether oxygens (including phenoxy) is 2. The lowest BCUT2D eigenvalue weighted by atomic mass is 9.96. The first kappa shape index (κ1) is 23.3. The molecule has 6 rings (SSSR count). The Hall–Kier alpha value is -4.10. The van der Waals surface area contributed by atoms with Crippen LogP contribution in [0.25, 0.3) is 11.3 Å². The molecule has 1 saturated heterocycles. The minimum Gasteiger partial charge on any atom is -0.456 e. The second-order valence-electron chi connectivity index (χ2n) is 9.71. The maximum atomic E-state index is 12.6. The Bertz CT molecular complexity index is 1510. The number of anilines is 2. The number of hydrogen-bond donors (Lipinski definition) is 2. The predicted octanol–water partition coefficient (Wildman–Crippen LogP) is 5.45. The van der Waals surface area contributed by atoms with E-state index in [2.05, 4.69) is 51.4 Å². The van der Waals surface area contributed by atoms with Gasteiger partial charge < -0.3 is 24.7 Å². The van der Waals surface area contributed by atoms with Gasteiger partial charge in [0, 0.05) is 66.0 Å². The minimum atomic E-state index is -0.123. The average Bonchev–Trinajstić information content (AvgIpc) is 2.91. The van der Waals surface area contributed by atoms with Crippen LogP contribution in [0.1, 0.15) is 35.3 Å². The number of pyridine rings is 2. The normalized spacial score (nSPS) is 15.4. The summed E-state index contributed by atoms with van der Waals surface area (Å²) in [6.07, 6.45) is 2.60. The van der Waals surface area contributed by atoms with Gasteiger partial charge in [-0.25, -0.2) is 0 Å². The van der Waals surface area contributed by atoms with Gasteiger partial charge in [0.2, 0.25) is 5.56 Å². The fraction of sp³-hybridized carbons (Fsp3) is 0.267. The van der Waals surface area contributed by atoms with Crippen molar-refractivity contribution in [3.63, 3.8) is 0 Å². The molecule has 0 spiro atoms. The van der Waals surface area contributed by atoms with Crippen LogP contribution in [0.4, 0.5) is 11.4 Å². The first-order chi connectivity index (χ1) is 18.0. The number of morpholine rings is 1. The smallest absolute Gasteiger partial charge is 0.250 e. The quantitative estimate of drug-likeness (QED) is 0.338. The van der Waals surface area contributed by atoms with Crippen LogP contribution in [-0.4, -0.2) is 36.3 Å². The molecule has 0 radical (unpaired) electrons. The highest BCUT2D eigenvalue weighted by molar-refractivity contribution is 5.74. The molecule has 0 aliphatic carbocycles. The van der Waals surface area contributed by atoms with E-state index in [1.807, 2.05) is 43.5 Å². The Morgan fingerprint density at radius 3 is 2.73 bits per heavy atom. The molecule has 2 aliphatic heterocycles. The van der Waals surface area contributed by atoms with E-state index in [1.165, 1.54) is 5.56 Å². The lowest BCUT2D eigenvalue weighted by molar-refractivity contribution is 0.122. The molecule has 7 heteroatoms. The molecule has 4 heterocycles. The van der Waals surface area contributed by atoms with Crippen LogP contribution in [-0.2, 0) is 11.2 Å². The largest absolute Gasteiger partial charge is 0.456 e. The number of fused-ring (bicyclic) bond motifs is 2. The van der Waals surface area contributed by atoms with E-state index in [4.69, 9.17) is 9.47 Å². The molecule has 0 bridgehead atoms. The number of aryl methyl sites for hydroxylation is 1. The van der Waals surface area contributed by atoms with Crippen LogP contribution in [0.5, 0.6) is 11.5 Å². The maximum absolute atomic E-state index is 12.6. The van der Waals surface area contributed by atoms with Crippen LogP contribution in [0.15, 0.2) is 71.7 Å². The third-order valence-electron chi connectivity index (χ3n) is 7.05. The van der Waals surface area contributed by atoms with Crippen molar-refractivity contribution in [1.82, 2.24) is 9.97 Å². The topological polar surface area (TPSA) is 79.5 Å². The van der Waals surface area contributed by atoms with Gasteiger partial charge in [-0.2, -0.15) is 0 Å². The second-order valence-corrected chi connectivity index (χ2v) is 9.71. The molecule has 0 amide bonds. The number of hydrogen-bond acceptors (Lipinski definition) is 6. The third kappa shape index (κ3) is 4.82. The van der Waals surface area contributed by atoms with Crippen molar-refractivity contribution in [3.05, 3.63) is 99.6 Å². The summed E-state index contributed by atoms with van der Waals surface area (Å²) in [5, 5.41) is 3.60. The lowest BCUT2D eigenvalue weighted by Crippen LogP contribution is -2.36. The minimum absolute atomic E-state index is 0.123. The highest BCUT2D eigenvalue weighted by Crippen LogP contribution is 2.43. The maximum Gasteiger partial charge on any atom is 0.250 e. The van der Waals surface area contributed by atoms with Gasteiger partial charge in [-0.05, 0) is 67.4 Å². The summed E-state index contributed by atoms with van der Waals surface area (Å²) in [4.78, 5) is 22.1. The van der Waals surface area contributed by atoms with Crippen molar-refractivity contribution in [2.75, 3.05) is 36.5 Å². The lowest BCUT2D eigenvalue weighted by Gasteiger charge is -2.29. The molecule has 188 valence electrons. The Morgan fingerprint density at radius 2 is 1.89 bits per heavy atom. The Kier molecular flexibility index (Phi) is 6.14. The van der Waals surface area contributed by atoms with Crippen molar-refractivity contribution >= 4 is 11.4 Å². The molecule has 1 unspecified atom stereocenters. The number of rotatable bonds is 5. The highest BCUT2D eigenvalue weighted by atomic mass is 16.5. The molecule has 4 aromatic rings. The van der Waals surface area contributed by atoms with Crippen molar-refractivity contribution in [2.24, 2.45) is 0 Å². The van der Waals surface area contributed by atoms with Crippen molar-refractivity contribution in [1.29, 1.82) is 0 Å². The Labute approximate surface area is 216 Å². The molecule has 1 atom stereocenters. The summed E-state index contributed by atoms with van der Waals surface area (Å²) in [6, 6.07) is 20.4. The molecular weight excluding hydrogens is 464 g/mol. The van der Waals surface area contributed by atoms with E-state index in [1.54, 1.807) is 6.07 Å². The molecule has 2 N–H and O–H groups in total. The monoisotopic (exact) mass is 494 g/mol. The van der Waals surface area contributed by atoms with Gasteiger partial charge >= 0.3 is 0 Å². The average molecular weight is 495 g/mol. The summed E-state index contributed by atoms with van der Waals surface area (Å²) in [7, 11) is 0. The first-order valence-corrected chi connectivity index (χ1v) is 12.7. The van der Waals surface area contributed by atoms with Gasteiger partial charge in [-0.1, -0.05) is 12.1 Å². The van der Waals surface area contributed by atoms with E-state index in [0.29, 0.717) is 13.2 Å². The Morgan fingerprint density at radius 1 is 1.03 bits per heavy atom. The van der Waals surface area contributed by atoms with E-state index in [0.717, 1.165) is 70.5 Å². The van der Waals surface area contributed by atoms with Crippen molar-refractivity contribution < 1.29 is 9.47 Å². The molecule has 0 saturated carbocycles. The van der Waals surface area contributed by atoms with Gasteiger partial charge in [-0.15, -0.1) is 0 Å². The van der Waals surface area contributed by atoms with Gasteiger partial charge in [0.25, 0.3) is 0 Å². The standard InChI is InChI=1S/C30H30N4O3/c1-19-14-21(8-9-31-19)20(2)32-24-6-7-28-23(16-24)15-22-4-3-5-26(30(22)37-28)27-17-25(18-29(35)33-27)34-10-12-36-13-11-34/h3-9,14,16-18,20,32H,10-13,15H2,1-2H3,(H,33,35). The van der Waals surface area contributed by atoms with Gasteiger partial charge in [-0.3, -0.25) is 9.78 Å². The number of aromatic amines is 1. The molecular formula is C30H30N4O3. The zero-order chi connectivity index (χ0) is 25.4. The molecule has 7 nitrogen and oxygen atoms in total. The third-order valence-corrected chi connectivity index (χ3v) is 7.05. The highest BCUT2D eigenvalue weighted by Gasteiger charge is 2.22. The zero-order valence-electron chi connectivity index (χ0n) is 21.1. The van der Waals surface area contributed by atoms with Crippen LogP contribution < -0.4 is 20.5 Å². The summed E-state index contributed by atoms with van der Waals surface area (Å²) in [5.41, 5.74) is 7.91. The summed E-state index contributed by atoms with van der Waals surface area (Å²) < 4.78 is 11.9. The number of H-pyrrole nitrogens is 1. The molecule has 1 fully saturated rings. The molecule has 2 aromatic heterocycles. The van der Waals surface area contributed by atoms with Crippen molar-refractivity contribution in [3.8, 4) is 22.8 Å². The van der Waals surface area contributed by atoms with Gasteiger partial charge in [0.1, 0.15) is 11.5 Å². The number of benzene rings is 2. The zero-order valence-corrected chi connectivity index (χ0v) is 21.1. The molecule has 37 heavy (non-hydrogen) atoms. The van der Waals surface area contributed by atoms with E-state index < -0.39 is 0 Å². The fourth-order valence-corrected chi connectivity index (χ4v) is 5.13. The summed E-state index contributed by atoms with van der Waals surface area (Å²) >= 11 is 0. The van der Waals surface area contributed by atoms with Crippen LogP contribution in [0.3, 0.4) is 0 Å². The fourth-order valence-electron chi connectivity index (χ4n) is 5.13. The summed E-state index contributed by atoms with van der Waals surface area (Å²) in [6.45, 7) is 7.04. The van der Waals surface area contributed by atoms with E-state index >= 15 is 0 Å². The van der Waals surface area contributed by atoms with Crippen molar-refractivity contribution in [2.45, 2.75) is 26.3 Å². The number of nitrogens with one attached hydrogen (secondary N) is 2. The molecule has 2 aliphatic rings. The van der Waals surface area contributed by atoms with Gasteiger partial charge in [0.05, 0.1) is 18.9 Å². The second kappa shape index (κ2) is 9.75. The van der Waals surface area contributed by atoms with Crippen LogP contribution in [0.2, 0.25) is 0 Å². The predicted molar refractivity (Wildman–Crippen MR) is 146 cm³/mol. The molecule has 2 aromatic carbocycles. The number of aromatic nitrogens is 2. The first-order valence-electron chi connectivity index (χ1n) is 12.7.